The maximum Gasteiger partial charge on any atom is 0.495 e. The van der Waals surface area contributed by atoms with Crippen molar-refractivity contribution in [2.24, 2.45) is 0 Å². The Morgan fingerprint density at radius 1 is 0.875 bits per heavy atom. The average Bonchev–Trinajstić information content (AvgIpc) is 2.75. The third-order valence-corrected chi connectivity index (χ3v) is 5.66. The monoisotopic (exact) mass is 330 g/mol. The normalized spacial score (nSPS) is 19.0. The van der Waals surface area contributed by atoms with E-state index in [1.165, 1.54) is 55.1 Å². The molecule has 0 unspecified atom stereocenters. The van der Waals surface area contributed by atoms with Crippen LogP contribution >= 0.6 is 0 Å². The van der Waals surface area contributed by atoms with Crippen LogP contribution < -0.4 is 5.46 Å². The number of aryl methyl sites for hydroxylation is 2. The van der Waals surface area contributed by atoms with E-state index in [4.69, 9.17) is 9.31 Å². The Balaban J connectivity index is 2.05. The maximum absolute atomic E-state index is 6.24. The van der Waals surface area contributed by atoms with E-state index in [0.29, 0.717) is 0 Å². The van der Waals surface area contributed by atoms with Gasteiger partial charge in [0.2, 0.25) is 0 Å². The first kappa shape index (κ1) is 19.5. The summed E-state index contributed by atoms with van der Waals surface area (Å²) in [5.41, 5.74) is 3.45. The number of benzene rings is 1. The van der Waals surface area contributed by atoms with Crippen LogP contribution in [0.4, 0.5) is 0 Å². The topological polar surface area (TPSA) is 18.5 Å². The first-order chi connectivity index (χ1) is 11.3. The molecule has 24 heavy (non-hydrogen) atoms. The van der Waals surface area contributed by atoms with Crippen LogP contribution in [-0.2, 0) is 22.2 Å². The molecule has 0 saturated carbocycles. The van der Waals surface area contributed by atoms with E-state index in [-0.39, 0.29) is 18.3 Å². The molecule has 0 radical (unpaired) electrons. The van der Waals surface area contributed by atoms with Gasteiger partial charge in [0.25, 0.3) is 0 Å². The standard InChI is InChI=1S/C21H35BO2/c1-7-9-10-11-12-13-17-14-15-19(18(8-2)16-17)22-23-20(3,4)21(5,6)24-22/h14-16H,7-13H2,1-6H3. The third-order valence-electron chi connectivity index (χ3n) is 5.66. The lowest BCUT2D eigenvalue weighted by Gasteiger charge is -2.32. The van der Waals surface area contributed by atoms with E-state index in [1.807, 2.05) is 0 Å². The average molecular weight is 330 g/mol. The lowest BCUT2D eigenvalue weighted by Crippen LogP contribution is -2.41. The zero-order chi connectivity index (χ0) is 17.8. The number of rotatable bonds is 8. The van der Waals surface area contributed by atoms with E-state index < -0.39 is 0 Å². The van der Waals surface area contributed by atoms with Crippen LogP contribution in [-0.4, -0.2) is 18.3 Å². The van der Waals surface area contributed by atoms with Gasteiger partial charge in [0, 0.05) is 0 Å². The molecule has 1 fully saturated rings. The van der Waals surface area contributed by atoms with Crippen molar-refractivity contribution in [3.63, 3.8) is 0 Å². The Labute approximate surface area is 149 Å². The molecule has 1 heterocycles. The summed E-state index contributed by atoms with van der Waals surface area (Å²) in [4.78, 5) is 0. The summed E-state index contributed by atoms with van der Waals surface area (Å²) < 4.78 is 12.5. The highest BCUT2D eigenvalue weighted by Crippen LogP contribution is 2.36. The molecule has 1 aromatic carbocycles. The van der Waals surface area contributed by atoms with Crippen molar-refractivity contribution in [1.29, 1.82) is 0 Å². The molecule has 1 saturated heterocycles. The van der Waals surface area contributed by atoms with Crippen LogP contribution in [0.1, 0.15) is 84.8 Å². The quantitative estimate of drug-likeness (QED) is 0.490. The molecule has 0 N–H and O–H groups in total. The highest BCUT2D eigenvalue weighted by atomic mass is 16.7. The van der Waals surface area contributed by atoms with Crippen LogP contribution in [0.15, 0.2) is 18.2 Å². The van der Waals surface area contributed by atoms with Crippen molar-refractivity contribution in [3.05, 3.63) is 29.3 Å². The molecule has 2 nitrogen and oxygen atoms in total. The second-order valence-corrected chi connectivity index (χ2v) is 8.14. The molecular formula is C21H35BO2. The molecule has 1 aromatic rings. The Kier molecular flexibility index (Phi) is 6.56. The third kappa shape index (κ3) is 4.43. The number of unbranched alkanes of at least 4 members (excludes halogenated alkanes) is 4. The second-order valence-electron chi connectivity index (χ2n) is 8.14. The minimum atomic E-state index is -0.277. The van der Waals surface area contributed by atoms with E-state index in [0.717, 1.165) is 6.42 Å². The Hall–Kier alpha value is -0.795. The molecule has 0 aromatic heterocycles. The summed E-state index contributed by atoms with van der Waals surface area (Å²) >= 11 is 0. The molecule has 1 aliphatic rings. The molecule has 3 heteroatoms. The zero-order valence-electron chi connectivity index (χ0n) is 16.6. The number of hydrogen-bond donors (Lipinski definition) is 0. The zero-order valence-corrected chi connectivity index (χ0v) is 16.6. The lowest BCUT2D eigenvalue weighted by molar-refractivity contribution is 0.00578. The van der Waals surface area contributed by atoms with Gasteiger partial charge in [-0.25, -0.2) is 0 Å². The molecule has 2 rings (SSSR count). The maximum atomic E-state index is 6.24. The van der Waals surface area contributed by atoms with Crippen LogP contribution in [0, 0.1) is 0 Å². The molecule has 0 spiro atoms. The SMILES string of the molecule is CCCCCCCc1ccc(B2OC(C)(C)C(C)(C)O2)c(CC)c1. The Morgan fingerprint density at radius 3 is 2.08 bits per heavy atom. The fourth-order valence-electron chi connectivity index (χ4n) is 3.25. The van der Waals surface area contributed by atoms with Crippen LogP contribution in [0.5, 0.6) is 0 Å². The summed E-state index contributed by atoms with van der Waals surface area (Å²) in [6, 6.07) is 6.85. The van der Waals surface area contributed by atoms with Gasteiger partial charge in [-0.1, -0.05) is 57.7 Å². The lowest BCUT2D eigenvalue weighted by atomic mass is 9.74. The van der Waals surface area contributed by atoms with Crippen molar-refractivity contribution in [1.82, 2.24) is 0 Å². The van der Waals surface area contributed by atoms with Crippen LogP contribution in [0.25, 0.3) is 0 Å². The molecule has 0 aliphatic carbocycles. The fourth-order valence-corrected chi connectivity index (χ4v) is 3.25. The first-order valence-electron chi connectivity index (χ1n) is 9.78. The van der Waals surface area contributed by atoms with Crippen molar-refractivity contribution >= 4 is 12.6 Å². The molecular weight excluding hydrogens is 295 g/mol. The molecule has 0 atom stereocenters. The number of hydrogen-bond acceptors (Lipinski definition) is 2. The van der Waals surface area contributed by atoms with Gasteiger partial charge in [0.05, 0.1) is 11.2 Å². The predicted molar refractivity (Wildman–Crippen MR) is 104 cm³/mol. The second kappa shape index (κ2) is 8.06. The Bertz CT molecular complexity index is 521. The Morgan fingerprint density at radius 2 is 1.50 bits per heavy atom. The smallest absolute Gasteiger partial charge is 0.399 e. The van der Waals surface area contributed by atoms with E-state index >= 15 is 0 Å². The van der Waals surface area contributed by atoms with E-state index in [9.17, 15) is 0 Å². The van der Waals surface area contributed by atoms with Gasteiger partial charge in [-0.05, 0) is 63.5 Å². The van der Waals surface area contributed by atoms with Crippen molar-refractivity contribution in [2.75, 3.05) is 0 Å². The molecule has 0 bridgehead atoms. The highest BCUT2D eigenvalue weighted by Gasteiger charge is 2.52. The highest BCUT2D eigenvalue weighted by molar-refractivity contribution is 6.62. The molecule has 134 valence electrons. The summed E-state index contributed by atoms with van der Waals surface area (Å²) in [6.45, 7) is 12.9. The fraction of sp³-hybridized carbons (Fsp3) is 0.714. The summed E-state index contributed by atoms with van der Waals surface area (Å²) in [5, 5.41) is 0. The van der Waals surface area contributed by atoms with E-state index in [2.05, 4.69) is 59.7 Å². The van der Waals surface area contributed by atoms with Crippen LogP contribution in [0.3, 0.4) is 0 Å². The van der Waals surface area contributed by atoms with Crippen molar-refractivity contribution < 1.29 is 9.31 Å². The van der Waals surface area contributed by atoms with Gasteiger partial charge in [-0.2, -0.15) is 0 Å². The van der Waals surface area contributed by atoms with Gasteiger partial charge >= 0.3 is 7.12 Å². The van der Waals surface area contributed by atoms with Gasteiger partial charge in [0.1, 0.15) is 0 Å². The van der Waals surface area contributed by atoms with Crippen molar-refractivity contribution in [3.8, 4) is 0 Å². The van der Waals surface area contributed by atoms with E-state index in [1.54, 1.807) is 0 Å². The van der Waals surface area contributed by atoms with Gasteiger partial charge in [-0.15, -0.1) is 0 Å². The van der Waals surface area contributed by atoms with Gasteiger partial charge in [-0.3, -0.25) is 0 Å². The van der Waals surface area contributed by atoms with Gasteiger partial charge in [0.15, 0.2) is 0 Å². The molecule has 0 amide bonds. The summed E-state index contributed by atoms with van der Waals surface area (Å²) in [6.07, 6.45) is 8.86. The van der Waals surface area contributed by atoms with Gasteiger partial charge < -0.3 is 9.31 Å². The van der Waals surface area contributed by atoms with Crippen LogP contribution in [0.2, 0.25) is 0 Å². The minimum absolute atomic E-state index is 0.247. The summed E-state index contributed by atoms with van der Waals surface area (Å²) in [5.74, 6) is 0. The predicted octanol–water partition coefficient (Wildman–Crippen LogP) is 5.06. The first-order valence-corrected chi connectivity index (χ1v) is 9.78. The largest absolute Gasteiger partial charge is 0.495 e. The van der Waals surface area contributed by atoms with Crippen molar-refractivity contribution in [2.45, 2.75) is 97.7 Å². The minimum Gasteiger partial charge on any atom is -0.399 e. The summed E-state index contributed by atoms with van der Waals surface area (Å²) in [7, 11) is -0.247. The molecule has 1 aliphatic heterocycles.